The zero-order chi connectivity index (χ0) is 24.6. The van der Waals surface area contributed by atoms with Crippen molar-refractivity contribution in [2.24, 2.45) is 0 Å². The molecule has 1 N–H and O–H groups in total. The smallest absolute Gasteiger partial charge is 0.273 e. The van der Waals surface area contributed by atoms with E-state index in [9.17, 15) is 14.4 Å². The summed E-state index contributed by atoms with van der Waals surface area (Å²) in [6, 6.07) is 16.3. The van der Waals surface area contributed by atoms with Crippen LogP contribution in [0, 0.1) is 20.8 Å². The summed E-state index contributed by atoms with van der Waals surface area (Å²) in [4.78, 5) is 39.1. The van der Waals surface area contributed by atoms with Gasteiger partial charge in [0.1, 0.15) is 5.57 Å². The van der Waals surface area contributed by atoms with E-state index in [1.165, 1.54) is 22.8 Å². The van der Waals surface area contributed by atoms with Crippen molar-refractivity contribution in [3.05, 3.63) is 103 Å². The van der Waals surface area contributed by atoms with Crippen molar-refractivity contribution in [2.75, 3.05) is 4.90 Å². The van der Waals surface area contributed by atoms with E-state index < -0.39 is 17.8 Å². The molecule has 0 spiro atoms. The predicted molar refractivity (Wildman–Crippen MR) is 138 cm³/mol. The molecule has 1 saturated heterocycles. The molecule has 0 atom stereocenters. The van der Waals surface area contributed by atoms with Crippen molar-refractivity contribution in [1.82, 2.24) is 5.32 Å². The zero-order valence-electron chi connectivity index (χ0n) is 18.9. The Morgan fingerprint density at radius 1 is 0.971 bits per heavy atom. The summed E-state index contributed by atoms with van der Waals surface area (Å²) < 4.78 is 0.864. The van der Waals surface area contributed by atoms with E-state index in [4.69, 9.17) is 11.6 Å². The molecule has 0 aromatic heterocycles. The highest BCUT2D eigenvalue weighted by Gasteiger charge is 2.37. The summed E-state index contributed by atoms with van der Waals surface area (Å²) in [5.74, 6) is -1.43. The average Bonchev–Trinajstić information content (AvgIpc) is 2.75. The molecule has 0 unspecified atom stereocenters. The first-order valence-electron chi connectivity index (χ1n) is 10.7. The van der Waals surface area contributed by atoms with Crippen LogP contribution in [-0.2, 0) is 16.0 Å². The monoisotopic (exact) mass is 536 g/mol. The first-order chi connectivity index (χ1) is 16.1. The fourth-order valence-electron chi connectivity index (χ4n) is 4.07. The second-order valence-corrected chi connectivity index (χ2v) is 9.63. The van der Waals surface area contributed by atoms with Crippen LogP contribution < -0.4 is 10.2 Å². The molecule has 1 aliphatic rings. The van der Waals surface area contributed by atoms with Gasteiger partial charge in [-0.25, -0.2) is 9.69 Å². The average molecular weight is 538 g/mol. The standard InChI is InChI=1S/C27H22BrClN2O3/c1-15-9-16(2)11-19(10-15)12-20-8-7-18(14-22(20)28)13-21-25(32)30-27(34)31(26(21)33)24-6-4-5-23(29)17(24)3/h4-11,13-14H,12H2,1-3H3,(H,30,32,34)/b21-13+. The number of hydrogen-bond donors (Lipinski definition) is 1. The number of nitrogens with zero attached hydrogens (tertiary/aromatic N) is 1. The molecule has 4 rings (SSSR count). The molecule has 34 heavy (non-hydrogen) atoms. The number of hydrogen-bond acceptors (Lipinski definition) is 3. The molecule has 7 heteroatoms. The minimum Gasteiger partial charge on any atom is -0.273 e. The van der Waals surface area contributed by atoms with Crippen molar-refractivity contribution in [3.63, 3.8) is 0 Å². The molecule has 1 aliphatic heterocycles. The zero-order valence-corrected chi connectivity index (χ0v) is 21.3. The van der Waals surface area contributed by atoms with E-state index in [-0.39, 0.29) is 5.57 Å². The maximum absolute atomic E-state index is 13.2. The van der Waals surface area contributed by atoms with Crippen molar-refractivity contribution < 1.29 is 14.4 Å². The van der Waals surface area contributed by atoms with Gasteiger partial charge in [0.15, 0.2) is 0 Å². The third-order valence-electron chi connectivity index (χ3n) is 5.65. The van der Waals surface area contributed by atoms with Crippen LogP contribution in [-0.4, -0.2) is 17.8 Å². The van der Waals surface area contributed by atoms with Crippen LogP contribution >= 0.6 is 27.5 Å². The minimum atomic E-state index is -0.803. The maximum Gasteiger partial charge on any atom is 0.335 e. The highest BCUT2D eigenvalue weighted by molar-refractivity contribution is 9.10. The molecule has 3 aromatic carbocycles. The molecule has 1 fully saturated rings. The number of nitrogens with one attached hydrogen (secondary N) is 1. The fraction of sp³-hybridized carbons (Fsp3) is 0.148. The number of carbonyl (C=O) groups excluding carboxylic acids is 3. The molecular formula is C27H22BrClN2O3. The number of urea groups is 1. The summed E-state index contributed by atoms with van der Waals surface area (Å²) in [6.45, 7) is 5.86. The number of benzene rings is 3. The van der Waals surface area contributed by atoms with Gasteiger partial charge >= 0.3 is 6.03 Å². The quantitative estimate of drug-likeness (QED) is 0.314. The van der Waals surface area contributed by atoms with Crippen molar-refractivity contribution in [3.8, 4) is 0 Å². The number of carbonyl (C=O) groups is 3. The molecule has 1 heterocycles. The molecule has 3 aromatic rings. The van der Waals surface area contributed by atoms with Crippen molar-refractivity contribution in [2.45, 2.75) is 27.2 Å². The van der Waals surface area contributed by atoms with Gasteiger partial charge < -0.3 is 0 Å². The molecule has 0 bridgehead atoms. The Labute approximate surface area is 211 Å². The summed E-state index contributed by atoms with van der Waals surface area (Å²) in [5.41, 5.74) is 6.14. The third kappa shape index (κ3) is 4.83. The largest absolute Gasteiger partial charge is 0.335 e. The lowest BCUT2D eigenvalue weighted by Gasteiger charge is -2.27. The number of barbiturate groups is 1. The summed E-state index contributed by atoms with van der Waals surface area (Å²) in [6.07, 6.45) is 2.23. The van der Waals surface area contributed by atoms with Gasteiger partial charge in [-0.1, -0.05) is 75.1 Å². The van der Waals surface area contributed by atoms with Crippen LogP contribution in [0.3, 0.4) is 0 Å². The van der Waals surface area contributed by atoms with Gasteiger partial charge in [-0.15, -0.1) is 0 Å². The predicted octanol–water partition coefficient (Wildman–Crippen LogP) is 6.28. The topological polar surface area (TPSA) is 66.5 Å². The van der Waals surface area contributed by atoms with Gasteiger partial charge in [-0.3, -0.25) is 14.9 Å². The van der Waals surface area contributed by atoms with Gasteiger partial charge in [0.25, 0.3) is 11.8 Å². The molecule has 0 radical (unpaired) electrons. The van der Waals surface area contributed by atoms with Crippen LogP contribution in [0.2, 0.25) is 5.02 Å². The van der Waals surface area contributed by atoms with Gasteiger partial charge in [-0.2, -0.15) is 0 Å². The fourth-order valence-corrected chi connectivity index (χ4v) is 4.78. The Morgan fingerprint density at radius 2 is 1.68 bits per heavy atom. The third-order valence-corrected chi connectivity index (χ3v) is 6.79. The lowest BCUT2D eigenvalue weighted by Crippen LogP contribution is -2.54. The minimum absolute atomic E-state index is 0.132. The van der Waals surface area contributed by atoms with Gasteiger partial charge in [0.2, 0.25) is 0 Å². The second kappa shape index (κ2) is 9.57. The van der Waals surface area contributed by atoms with Gasteiger partial charge in [0.05, 0.1) is 5.69 Å². The Morgan fingerprint density at radius 3 is 2.35 bits per heavy atom. The van der Waals surface area contributed by atoms with E-state index in [1.54, 1.807) is 25.1 Å². The number of aryl methyl sites for hydroxylation is 2. The van der Waals surface area contributed by atoms with Crippen molar-refractivity contribution in [1.29, 1.82) is 0 Å². The Hall–Kier alpha value is -3.22. The van der Waals surface area contributed by atoms with Crippen LogP contribution in [0.5, 0.6) is 0 Å². The first-order valence-corrected chi connectivity index (χ1v) is 11.8. The highest BCUT2D eigenvalue weighted by atomic mass is 79.9. The number of anilines is 1. The van der Waals surface area contributed by atoms with Crippen LogP contribution in [0.4, 0.5) is 10.5 Å². The maximum atomic E-state index is 13.2. The Bertz CT molecular complexity index is 1360. The van der Waals surface area contributed by atoms with E-state index in [0.29, 0.717) is 21.8 Å². The summed E-state index contributed by atoms with van der Waals surface area (Å²) >= 11 is 9.79. The lowest BCUT2D eigenvalue weighted by molar-refractivity contribution is -0.122. The second-order valence-electron chi connectivity index (χ2n) is 8.37. The van der Waals surface area contributed by atoms with Gasteiger partial charge in [0, 0.05) is 9.50 Å². The van der Waals surface area contributed by atoms with E-state index >= 15 is 0 Å². The number of amides is 4. The molecule has 0 aliphatic carbocycles. The Kier molecular flexibility index (Phi) is 6.73. The van der Waals surface area contributed by atoms with Crippen LogP contribution in [0.15, 0.2) is 64.6 Å². The van der Waals surface area contributed by atoms with Crippen molar-refractivity contribution >= 4 is 57.1 Å². The molecule has 172 valence electrons. The molecule has 0 saturated carbocycles. The molecular weight excluding hydrogens is 516 g/mol. The normalized spacial score (nSPS) is 15.1. The molecule has 5 nitrogen and oxygen atoms in total. The summed E-state index contributed by atoms with van der Waals surface area (Å²) in [7, 11) is 0. The summed E-state index contributed by atoms with van der Waals surface area (Å²) in [5, 5.41) is 2.67. The van der Waals surface area contributed by atoms with E-state index in [2.05, 4.69) is 53.3 Å². The van der Waals surface area contributed by atoms with E-state index in [1.807, 2.05) is 18.2 Å². The van der Waals surface area contributed by atoms with Crippen LogP contribution in [0.25, 0.3) is 6.08 Å². The van der Waals surface area contributed by atoms with Gasteiger partial charge in [-0.05, 0) is 73.7 Å². The van der Waals surface area contributed by atoms with Crippen LogP contribution in [0.1, 0.15) is 33.4 Å². The number of imide groups is 2. The number of rotatable bonds is 4. The number of halogens is 2. The molecule has 4 amide bonds. The SMILES string of the molecule is Cc1cc(C)cc(Cc2ccc(/C=C3\C(=O)NC(=O)N(c4cccc(Cl)c4C)C3=O)cc2Br)c1. The first kappa shape index (κ1) is 23.9. The lowest BCUT2D eigenvalue weighted by atomic mass is 9.99. The Balaban J connectivity index is 1.65. The highest BCUT2D eigenvalue weighted by Crippen LogP contribution is 2.30. The van der Waals surface area contributed by atoms with E-state index in [0.717, 1.165) is 21.4 Å².